The van der Waals surface area contributed by atoms with Gasteiger partial charge in [0.05, 0.1) is 0 Å². The van der Waals surface area contributed by atoms with Crippen molar-refractivity contribution in [2.75, 3.05) is 18.9 Å². The first-order valence-corrected chi connectivity index (χ1v) is 12.1. The van der Waals surface area contributed by atoms with Crippen LogP contribution in [0.2, 0.25) is 0 Å². The van der Waals surface area contributed by atoms with Gasteiger partial charge in [-0.05, 0) is 68.5 Å². The van der Waals surface area contributed by atoms with E-state index in [1.54, 1.807) is 19.2 Å². The number of nitrogens with two attached hydrogens (primary N) is 1. The fourth-order valence-corrected chi connectivity index (χ4v) is 5.15. The van der Waals surface area contributed by atoms with Crippen molar-refractivity contribution in [3.63, 3.8) is 0 Å². The quantitative estimate of drug-likeness (QED) is 0.342. The standard InChI is InChI=1S/C24H29BrF3N5O.2ClH/c1-30-22-19-4-2-3-5-20(19)32-23(29,33-22)16-7-10-18(11-8-16)31-13-12-15-6-9-17(25)14-21(15)34-24(26,27)28;;/h2-6,9,14,16,18,31-32H,7-8,10-13,29H2,1H3,(H,30,33);2*1H. The van der Waals surface area contributed by atoms with Crippen LogP contribution in [-0.4, -0.2) is 37.6 Å². The first kappa shape index (κ1) is 30.5. The van der Waals surface area contributed by atoms with Crippen LogP contribution in [0.4, 0.5) is 18.9 Å². The maximum Gasteiger partial charge on any atom is 0.573 e. The summed E-state index contributed by atoms with van der Waals surface area (Å²) in [5, 5.41) is 10.4. The molecule has 36 heavy (non-hydrogen) atoms. The average Bonchev–Trinajstić information content (AvgIpc) is 2.79. The van der Waals surface area contributed by atoms with Crippen LogP contribution in [0.15, 0.2) is 51.9 Å². The van der Waals surface area contributed by atoms with Gasteiger partial charge in [-0.15, -0.1) is 38.0 Å². The number of para-hydroxylation sites is 1. The number of amidine groups is 1. The molecule has 1 aliphatic heterocycles. The van der Waals surface area contributed by atoms with E-state index in [1.165, 1.54) is 6.07 Å². The van der Waals surface area contributed by atoms with Crippen molar-refractivity contribution in [1.82, 2.24) is 10.6 Å². The van der Waals surface area contributed by atoms with Gasteiger partial charge >= 0.3 is 6.36 Å². The first-order valence-electron chi connectivity index (χ1n) is 11.4. The normalized spacial score (nSPS) is 24.4. The monoisotopic (exact) mass is 611 g/mol. The van der Waals surface area contributed by atoms with Gasteiger partial charge in [0.1, 0.15) is 11.6 Å². The van der Waals surface area contributed by atoms with Gasteiger partial charge in [0.25, 0.3) is 0 Å². The summed E-state index contributed by atoms with van der Waals surface area (Å²) >= 11 is 3.20. The number of aliphatic imine (C=N–C) groups is 1. The molecule has 1 aliphatic carbocycles. The number of hydrogen-bond acceptors (Lipinski definition) is 5. The lowest BCUT2D eigenvalue weighted by Gasteiger charge is -2.46. The molecule has 0 spiro atoms. The Balaban J connectivity index is 0.00000228. The van der Waals surface area contributed by atoms with Crippen LogP contribution < -0.4 is 26.4 Å². The van der Waals surface area contributed by atoms with Crippen molar-refractivity contribution in [3.8, 4) is 5.75 Å². The molecular formula is C24H31BrCl2F3N5O. The van der Waals surface area contributed by atoms with Crippen molar-refractivity contribution in [1.29, 1.82) is 0 Å². The number of hydrogen-bond donors (Lipinski definition) is 4. The zero-order chi connectivity index (χ0) is 24.3. The largest absolute Gasteiger partial charge is 0.573 e. The number of benzene rings is 2. The highest BCUT2D eigenvalue weighted by Crippen LogP contribution is 2.35. The second-order valence-electron chi connectivity index (χ2n) is 8.79. The number of anilines is 1. The van der Waals surface area contributed by atoms with E-state index in [1.807, 2.05) is 24.3 Å². The third kappa shape index (κ3) is 7.41. The summed E-state index contributed by atoms with van der Waals surface area (Å²) in [6.07, 6.45) is -0.597. The third-order valence-electron chi connectivity index (χ3n) is 6.53. The molecule has 6 nitrogen and oxygen atoms in total. The third-order valence-corrected chi connectivity index (χ3v) is 7.02. The summed E-state index contributed by atoms with van der Waals surface area (Å²) in [5.41, 5.74) is 9.27. The topological polar surface area (TPSA) is 83.7 Å². The summed E-state index contributed by atoms with van der Waals surface area (Å²) < 4.78 is 42.9. The zero-order valence-corrected chi connectivity index (χ0v) is 22.9. The summed E-state index contributed by atoms with van der Waals surface area (Å²) in [4.78, 5) is 4.39. The molecule has 4 rings (SSSR count). The molecule has 0 radical (unpaired) electrons. The maximum atomic E-state index is 12.7. The molecule has 2 aromatic rings. The molecule has 1 saturated carbocycles. The predicted octanol–water partition coefficient (Wildman–Crippen LogP) is 5.59. The van der Waals surface area contributed by atoms with E-state index in [2.05, 4.69) is 41.6 Å². The molecule has 2 aromatic carbocycles. The number of fused-ring (bicyclic) bond motifs is 1. The van der Waals surface area contributed by atoms with Crippen LogP contribution in [-0.2, 0) is 6.42 Å². The molecule has 1 fully saturated rings. The number of rotatable bonds is 6. The van der Waals surface area contributed by atoms with Gasteiger partial charge in [-0.3, -0.25) is 10.7 Å². The minimum absolute atomic E-state index is 0. The Morgan fingerprint density at radius 1 is 1.11 bits per heavy atom. The van der Waals surface area contributed by atoms with Crippen LogP contribution in [0.3, 0.4) is 0 Å². The SMILES string of the molecule is CN=C1NC(N)(C2CCC(NCCc3ccc(Br)cc3OC(F)(F)F)CC2)Nc2ccccc21.Cl.Cl. The van der Waals surface area contributed by atoms with Crippen LogP contribution >= 0.6 is 40.7 Å². The van der Waals surface area contributed by atoms with E-state index in [-0.39, 0.29) is 42.5 Å². The summed E-state index contributed by atoms with van der Waals surface area (Å²) in [6, 6.07) is 13.0. The Morgan fingerprint density at radius 3 is 2.47 bits per heavy atom. The Kier molecular flexibility index (Phi) is 10.8. The van der Waals surface area contributed by atoms with E-state index in [4.69, 9.17) is 5.73 Å². The Labute approximate surface area is 230 Å². The van der Waals surface area contributed by atoms with Gasteiger partial charge in [0, 0.05) is 34.7 Å². The number of alkyl halides is 3. The minimum atomic E-state index is -4.72. The highest BCUT2D eigenvalue weighted by Gasteiger charge is 2.41. The van der Waals surface area contributed by atoms with E-state index in [0.29, 0.717) is 23.0 Å². The first-order chi connectivity index (χ1) is 16.2. The van der Waals surface area contributed by atoms with E-state index >= 15 is 0 Å². The van der Waals surface area contributed by atoms with E-state index in [0.717, 1.165) is 42.8 Å². The fraction of sp³-hybridized carbons (Fsp3) is 0.458. The van der Waals surface area contributed by atoms with Gasteiger partial charge in [0.2, 0.25) is 0 Å². The second kappa shape index (κ2) is 12.7. The maximum absolute atomic E-state index is 12.7. The lowest BCUT2D eigenvalue weighted by atomic mass is 9.80. The molecule has 1 heterocycles. The van der Waals surface area contributed by atoms with Crippen molar-refractivity contribution in [2.45, 2.75) is 50.3 Å². The van der Waals surface area contributed by atoms with E-state index in [9.17, 15) is 13.2 Å². The lowest BCUT2D eigenvalue weighted by Crippen LogP contribution is -2.69. The van der Waals surface area contributed by atoms with Crippen LogP contribution in [0.5, 0.6) is 5.75 Å². The zero-order valence-electron chi connectivity index (χ0n) is 19.7. The van der Waals surface area contributed by atoms with E-state index < -0.39 is 12.1 Å². The molecule has 1 unspecified atom stereocenters. The Hall–Kier alpha value is -1.72. The van der Waals surface area contributed by atoms with Crippen molar-refractivity contribution in [2.24, 2.45) is 16.6 Å². The molecule has 12 heteroatoms. The molecule has 200 valence electrons. The number of nitrogens with one attached hydrogen (secondary N) is 3. The average molecular weight is 613 g/mol. The summed E-state index contributed by atoms with van der Waals surface area (Å²) in [6.45, 7) is 0.565. The van der Waals surface area contributed by atoms with Crippen molar-refractivity contribution < 1.29 is 17.9 Å². The lowest BCUT2D eigenvalue weighted by molar-refractivity contribution is -0.274. The highest BCUT2D eigenvalue weighted by atomic mass is 79.9. The van der Waals surface area contributed by atoms with Gasteiger partial charge in [-0.2, -0.15) is 0 Å². The molecular weight excluding hydrogens is 582 g/mol. The van der Waals surface area contributed by atoms with Crippen LogP contribution in [0.1, 0.15) is 36.8 Å². The fourth-order valence-electron chi connectivity index (χ4n) is 4.81. The molecule has 2 aliphatic rings. The van der Waals surface area contributed by atoms with Crippen LogP contribution in [0, 0.1) is 5.92 Å². The molecule has 0 saturated heterocycles. The number of ether oxygens (including phenoxy) is 1. The molecule has 0 bridgehead atoms. The van der Waals surface area contributed by atoms with Gasteiger partial charge in [0.15, 0.2) is 5.79 Å². The molecule has 5 N–H and O–H groups in total. The highest BCUT2D eigenvalue weighted by molar-refractivity contribution is 9.10. The second-order valence-corrected chi connectivity index (χ2v) is 9.71. The van der Waals surface area contributed by atoms with Gasteiger partial charge in [-0.25, -0.2) is 0 Å². The predicted molar refractivity (Wildman–Crippen MR) is 145 cm³/mol. The summed E-state index contributed by atoms with van der Waals surface area (Å²) in [5.74, 6) is 0.0353. The molecule has 1 atom stereocenters. The Morgan fingerprint density at radius 2 is 1.81 bits per heavy atom. The molecule has 0 aromatic heterocycles. The van der Waals surface area contributed by atoms with Crippen LogP contribution in [0.25, 0.3) is 0 Å². The number of halogens is 6. The minimum Gasteiger partial charge on any atom is -0.405 e. The van der Waals surface area contributed by atoms with Gasteiger partial charge in [-0.1, -0.05) is 34.1 Å². The smallest absolute Gasteiger partial charge is 0.405 e. The van der Waals surface area contributed by atoms with Crippen molar-refractivity contribution >= 4 is 52.3 Å². The summed E-state index contributed by atoms with van der Waals surface area (Å²) in [7, 11) is 1.75. The van der Waals surface area contributed by atoms with Crippen molar-refractivity contribution in [3.05, 3.63) is 58.1 Å². The molecule has 0 amide bonds. The Bertz CT molecular complexity index is 1050. The van der Waals surface area contributed by atoms with Gasteiger partial charge < -0.3 is 20.7 Å². The number of nitrogens with zero attached hydrogens (tertiary/aromatic N) is 1.